The van der Waals surface area contributed by atoms with E-state index < -0.39 is 10.0 Å². The lowest BCUT2D eigenvalue weighted by atomic mass is 10.0. The van der Waals surface area contributed by atoms with Crippen LogP contribution in [0, 0.1) is 5.92 Å². The van der Waals surface area contributed by atoms with E-state index in [2.05, 4.69) is 6.07 Å². The van der Waals surface area contributed by atoms with Gasteiger partial charge in [-0.25, -0.2) is 8.42 Å². The zero-order valence-corrected chi connectivity index (χ0v) is 11.2. The van der Waals surface area contributed by atoms with Gasteiger partial charge in [0.15, 0.2) is 0 Å². The molecule has 0 saturated heterocycles. The van der Waals surface area contributed by atoms with Crippen LogP contribution in [0.1, 0.15) is 25.0 Å². The summed E-state index contributed by atoms with van der Waals surface area (Å²) in [6, 6.07) is 8.09. The molecule has 0 spiro atoms. The summed E-state index contributed by atoms with van der Waals surface area (Å²) in [7, 11) is -3.09. The molecule has 2 rings (SSSR count). The lowest BCUT2D eigenvalue weighted by molar-refractivity contribution is 0.388. The van der Waals surface area contributed by atoms with Crippen molar-refractivity contribution in [2.45, 2.75) is 26.8 Å². The summed E-state index contributed by atoms with van der Waals surface area (Å²) in [6.07, 6.45) is 0.827. The van der Waals surface area contributed by atoms with Crippen LogP contribution in [-0.4, -0.2) is 25.0 Å². The molecule has 0 amide bonds. The second kappa shape index (κ2) is 4.78. The van der Waals surface area contributed by atoms with Gasteiger partial charge in [-0.1, -0.05) is 38.1 Å². The summed E-state index contributed by atoms with van der Waals surface area (Å²) in [4.78, 5) is 0. The second-order valence-electron chi connectivity index (χ2n) is 5.02. The van der Waals surface area contributed by atoms with Crippen LogP contribution in [0.3, 0.4) is 0 Å². The summed E-state index contributed by atoms with van der Waals surface area (Å²) in [6.45, 7) is 5.03. The van der Waals surface area contributed by atoms with E-state index in [-0.39, 0.29) is 11.7 Å². The van der Waals surface area contributed by atoms with E-state index in [1.54, 1.807) is 4.31 Å². The van der Waals surface area contributed by atoms with Crippen LogP contribution >= 0.6 is 0 Å². The quantitative estimate of drug-likeness (QED) is 0.826. The number of sulfonamides is 1. The van der Waals surface area contributed by atoms with Crippen molar-refractivity contribution in [1.29, 1.82) is 0 Å². The fourth-order valence-corrected chi connectivity index (χ4v) is 3.99. The topological polar surface area (TPSA) is 37.4 Å². The minimum Gasteiger partial charge on any atom is -0.212 e. The van der Waals surface area contributed by atoms with Crippen LogP contribution in [0.2, 0.25) is 0 Å². The van der Waals surface area contributed by atoms with E-state index in [0.717, 1.165) is 12.0 Å². The monoisotopic (exact) mass is 253 g/mol. The van der Waals surface area contributed by atoms with E-state index in [1.807, 2.05) is 32.0 Å². The van der Waals surface area contributed by atoms with Gasteiger partial charge in [-0.3, -0.25) is 0 Å². The molecule has 0 bridgehead atoms. The predicted octanol–water partition coefficient (Wildman–Crippen LogP) is 2.03. The Balaban J connectivity index is 2.18. The van der Waals surface area contributed by atoms with E-state index in [0.29, 0.717) is 13.1 Å². The molecule has 1 heterocycles. The first kappa shape index (κ1) is 12.6. The lowest BCUT2D eigenvalue weighted by Crippen LogP contribution is -2.38. The summed E-state index contributed by atoms with van der Waals surface area (Å²) >= 11 is 0. The minimum absolute atomic E-state index is 0.178. The van der Waals surface area contributed by atoms with Crippen molar-refractivity contribution in [3.8, 4) is 0 Å². The van der Waals surface area contributed by atoms with Crippen molar-refractivity contribution in [3.05, 3.63) is 35.4 Å². The summed E-state index contributed by atoms with van der Waals surface area (Å²) in [5.41, 5.74) is 2.43. The molecule has 0 aromatic heterocycles. The van der Waals surface area contributed by atoms with Gasteiger partial charge in [0.05, 0.1) is 5.75 Å². The molecule has 0 saturated carbocycles. The molecule has 0 unspecified atom stereocenters. The van der Waals surface area contributed by atoms with E-state index in [9.17, 15) is 8.42 Å². The van der Waals surface area contributed by atoms with Gasteiger partial charge < -0.3 is 0 Å². The highest BCUT2D eigenvalue weighted by atomic mass is 32.2. The maximum atomic E-state index is 12.1. The normalized spacial score (nSPS) is 17.1. The molecule has 0 N–H and O–H groups in total. The maximum absolute atomic E-state index is 12.1. The van der Waals surface area contributed by atoms with Crippen molar-refractivity contribution in [3.63, 3.8) is 0 Å². The number of fused-ring (bicyclic) bond motifs is 1. The molecule has 1 aliphatic rings. The highest BCUT2D eigenvalue weighted by molar-refractivity contribution is 7.89. The second-order valence-corrected chi connectivity index (χ2v) is 7.04. The lowest BCUT2D eigenvalue weighted by Gasteiger charge is -2.28. The highest BCUT2D eigenvalue weighted by Gasteiger charge is 2.26. The highest BCUT2D eigenvalue weighted by Crippen LogP contribution is 2.21. The number of nitrogens with zero attached hydrogens (tertiary/aromatic N) is 1. The van der Waals surface area contributed by atoms with Crippen molar-refractivity contribution in [2.24, 2.45) is 5.92 Å². The first-order chi connectivity index (χ1) is 7.99. The van der Waals surface area contributed by atoms with Crippen LogP contribution < -0.4 is 0 Å². The number of hydrogen-bond donors (Lipinski definition) is 0. The summed E-state index contributed by atoms with van der Waals surface area (Å²) < 4.78 is 25.9. The number of rotatable bonds is 3. The molecule has 94 valence electrons. The molecule has 3 nitrogen and oxygen atoms in total. The van der Waals surface area contributed by atoms with Crippen LogP contribution in [-0.2, 0) is 23.0 Å². The molecule has 0 aliphatic carbocycles. The van der Waals surface area contributed by atoms with Gasteiger partial charge in [0.1, 0.15) is 0 Å². The maximum Gasteiger partial charge on any atom is 0.214 e. The Morgan fingerprint density at radius 1 is 1.24 bits per heavy atom. The average molecular weight is 253 g/mol. The molecular weight excluding hydrogens is 234 g/mol. The van der Waals surface area contributed by atoms with Gasteiger partial charge in [0, 0.05) is 13.1 Å². The van der Waals surface area contributed by atoms with Gasteiger partial charge in [0.2, 0.25) is 10.0 Å². The van der Waals surface area contributed by atoms with Crippen LogP contribution in [0.15, 0.2) is 24.3 Å². The third-order valence-corrected chi connectivity index (χ3v) is 5.22. The molecule has 0 radical (unpaired) electrons. The molecule has 0 fully saturated rings. The smallest absolute Gasteiger partial charge is 0.212 e. The first-order valence-corrected chi connectivity index (χ1v) is 7.64. The van der Waals surface area contributed by atoms with Gasteiger partial charge in [-0.05, 0) is 23.5 Å². The van der Waals surface area contributed by atoms with E-state index in [1.165, 1.54) is 5.56 Å². The SMILES string of the molecule is CC(C)CS(=O)(=O)N1CCc2ccccc2C1. The molecule has 0 atom stereocenters. The average Bonchev–Trinajstić information content (AvgIpc) is 2.26. The van der Waals surface area contributed by atoms with Crippen LogP contribution in [0.25, 0.3) is 0 Å². The van der Waals surface area contributed by atoms with Crippen molar-refractivity contribution in [2.75, 3.05) is 12.3 Å². The van der Waals surface area contributed by atoms with Gasteiger partial charge in [-0.15, -0.1) is 0 Å². The Morgan fingerprint density at radius 2 is 1.88 bits per heavy atom. The Morgan fingerprint density at radius 3 is 2.53 bits per heavy atom. The van der Waals surface area contributed by atoms with Gasteiger partial charge >= 0.3 is 0 Å². The molecule has 1 aromatic carbocycles. The Bertz CT molecular complexity index is 494. The summed E-state index contributed by atoms with van der Waals surface area (Å²) in [5, 5.41) is 0. The standard InChI is InChI=1S/C13H19NO2S/c1-11(2)10-17(15,16)14-8-7-12-5-3-4-6-13(12)9-14/h3-6,11H,7-10H2,1-2H3. The Labute approximate surface area is 104 Å². The van der Waals surface area contributed by atoms with E-state index in [4.69, 9.17) is 0 Å². The first-order valence-electron chi connectivity index (χ1n) is 6.03. The van der Waals surface area contributed by atoms with Crippen LogP contribution in [0.4, 0.5) is 0 Å². The molecule has 1 aromatic rings. The van der Waals surface area contributed by atoms with Gasteiger partial charge in [0.25, 0.3) is 0 Å². The number of hydrogen-bond acceptors (Lipinski definition) is 2. The largest absolute Gasteiger partial charge is 0.214 e. The van der Waals surface area contributed by atoms with Gasteiger partial charge in [-0.2, -0.15) is 4.31 Å². The Kier molecular flexibility index (Phi) is 3.54. The van der Waals surface area contributed by atoms with Crippen LogP contribution in [0.5, 0.6) is 0 Å². The minimum atomic E-state index is -3.09. The molecule has 4 heteroatoms. The van der Waals surface area contributed by atoms with Crippen molar-refractivity contribution >= 4 is 10.0 Å². The predicted molar refractivity (Wildman–Crippen MR) is 69.2 cm³/mol. The molecular formula is C13H19NO2S. The fourth-order valence-electron chi connectivity index (χ4n) is 2.23. The fraction of sp³-hybridized carbons (Fsp3) is 0.538. The summed E-state index contributed by atoms with van der Waals surface area (Å²) in [5.74, 6) is 0.423. The zero-order chi connectivity index (χ0) is 12.5. The van der Waals surface area contributed by atoms with E-state index >= 15 is 0 Å². The number of benzene rings is 1. The molecule has 17 heavy (non-hydrogen) atoms. The van der Waals surface area contributed by atoms with Crippen molar-refractivity contribution in [1.82, 2.24) is 4.31 Å². The third kappa shape index (κ3) is 2.87. The zero-order valence-electron chi connectivity index (χ0n) is 10.4. The van der Waals surface area contributed by atoms with Crippen molar-refractivity contribution < 1.29 is 8.42 Å². The Hall–Kier alpha value is -0.870. The third-order valence-electron chi connectivity index (χ3n) is 3.03. The molecule has 1 aliphatic heterocycles.